The molecular formula is C17H30N4O. The minimum absolute atomic E-state index is 0.0504. The number of likely N-dealkylation sites (tertiary alicyclic amines) is 1. The van der Waals surface area contributed by atoms with Gasteiger partial charge in [0, 0.05) is 25.3 Å². The molecule has 1 atom stereocenters. The monoisotopic (exact) mass is 306 g/mol. The highest BCUT2D eigenvalue weighted by atomic mass is 16.2. The third-order valence-corrected chi connectivity index (χ3v) is 4.93. The van der Waals surface area contributed by atoms with Crippen molar-refractivity contribution in [3.63, 3.8) is 0 Å². The molecule has 5 heteroatoms. The second kappa shape index (κ2) is 7.77. The van der Waals surface area contributed by atoms with Gasteiger partial charge in [-0.1, -0.05) is 12.8 Å². The maximum atomic E-state index is 12.7. The van der Waals surface area contributed by atoms with E-state index in [2.05, 4.69) is 26.9 Å². The fraction of sp³-hybridized carbons (Fsp3) is 0.765. The molecule has 1 aromatic heterocycles. The zero-order valence-electron chi connectivity index (χ0n) is 14.5. The maximum Gasteiger partial charge on any atom is 0.239 e. The van der Waals surface area contributed by atoms with Crippen LogP contribution in [0, 0.1) is 13.8 Å². The molecule has 1 amide bonds. The number of H-pyrrole nitrogens is 1. The number of amides is 1. The molecule has 0 bridgehead atoms. The minimum Gasteiger partial charge on any atom is -0.341 e. The molecule has 1 N–H and O–H groups in total. The first-order valence-electron chi connectivity index (χ1n) is 8.50. The van der Waals surface area contributed by atoms with Crippen molar-refractivity contribution in [2.75, 3.05) is 26.7 Å². The first kappa shape index (κ1) is 17.0. The zero-order chi connectivity index (χ0) is 16.1. The summed E-state index contributed by atoms with van der Waals surface area (Å²) >= 11 is 0. The Kier molecular flexibility index (Phi) is 6.00. The Hall–Kier alpha value is -1.36. The SMILES string of the molecule is Cc1n[nH]c(C)c1CCN(C)C(C)C(=O)N1CCCCCC1. The number of aryl methyl sites for hydroxylation is 2. The van der Waals surface area contributed by atoms with Crippen LogP contribution in [0.3, 0.4) is 0 Å². The van der Waals surface area contributed by atoms with Crippen molar-refractivity contribution >= 4 is 5.91 Å². The second-order valence-electron chi connectivity index (χ2n) is 6.56. The van der Waals surface area contributed by atoms with Crippen LogP contribution in [0.5, 0.6) is 0 Å². The summed E-state index contributed by atoms with van der Waals surface area (Å²) in [5, 5.41) is 7.27. The largest absolute Gasteiger partial charge is 0.341 e. The van der Waals surface area contributed by atoms with Gasteiger partial charge in [0.1, 0.15) is 0 Å². The molecule has 5 nitrogen and oxygen atoms in total. The number of nitrogens with one attached hydrogen (secondary N) is 1. The predicted octanol–water partition coefficient (Wildman–Crippen LogP) is 2.29. The molecule has 1 unspecified atom stereocenters. The number of aromatic amines is 1. The normalized spacial score (nSPS) is 17.6. The molecule has 2 heterocycles. The van der Waals surface area contributed by atoms with E-state index in [4.69, 9.17) is 0 Å². The fourth-order valence-corrected chi connectivity index (χ4v) is 3.17. The van der Waals surface area contributed by atoms with Gasteiger partial charge in [-0.15, -0.1) is 0 Å². The molecule has 124 valence electrons. The van der Waals surface area contributed by atoms with Crippen LogP contribution in [0.4, 0.5) is 0 Å². The van der Waals surface area contributed by atoms with Crippen molar-refractivity contribution < 1.29 is 4.79 Å². The lowest BCUT2D eigenvalue weighted by atomic mass is 10.1. The van der Waals surface area contributed by atoms with Crippen LogP contribution in [0.1, 0.15) is 49.6 Å². The van der Waals surface area contributed by atoms with Gasteiger partial charge in [-0.2, -0.15) is 5.10 Å². The van der Waals surface area contributed by atoms with Gasteiger partial charge in [0.2, 0.25) is 5.91 Å². The summed E-state index contributed by atoms with van der Waals surface area (Å²) in [4.78, 5) is 16.9. The van der Waals surface area contributed by atoms with Crippen molar-refractivity contribution in [2.24, 2.45) is 0 Å². The van der Waals surface area contributed by atoms with Crippen molar-refractivity contribution in [3.05, 3.63) is 17.0 Å². The number of aromatic nitrogens is 2. The zero-order valence-corrected chi connectivity index (χ0v) is 14.5. The summed E-state index contributed by atoms with van der Waals surface area (Å²) in [6.07, 6.45) is 5.74. The molecule has 1 aliphatic rings. The third-order valence-electron chi connectivity index (χ3n) is 4.93. The smallest absolute Gasteiger partial charge is 0.239 e. The van der Waals surface area contributed by atoms with Crippen LogP contribution in [-0.2, 0) is 11.2 Å². The topological polar surface area (TPSA) is 52.2 Å². The highest BCUT2D eigenvalue weighted by molar-refractivity contribution is 5.81. The molecule has 2 rings (SSSR count). The molecule has 22 heavy (non-hydrogen) atoms. The Labute approximate surface area is 134 Å². The minimum atomic E-state index is -0.0504. The van der Waals surface area contributed by atoms with Gasteiger partial charge >= 0.3 is 0 Å². The fourth-order valence-electron chi connectivity index (χ4n) is 3.17. The molecular weight excluding hydrogens is 276 g/mol. The van der Waals surface area contributed by atoms with Gasteiger partial charge in [-0.3, -0.25) is 14.8 Å². The summed E-state index contributed by atoms with van der Waals surface area (Å²) < 4.78 is 0. The lowest BCUT2D eigenvalue weighted by Gasteiger charge is -2.29. The lowest BCUT2D eigenvalue weighted by Crippen LogP contribution is -2.46. The van der Waals surface area contributed by atoms with E-state index < -0.39 is 0 Å². The predicted molar refractivity (Wildman–Crippen MR) is 88.9 cm³/mol. The summed E-state index contributed by atoms with van der Waals surface area (Å²) in [5.41, 5.74) is 3.48. The highest BCUT2D eigenvalue weighted by Crippen LogP contribution is 2.14. The molecule has 1 fully saturated rings. The van der Waals surface area contributed by atoms with Crippen molar-refractivity contribution in [3.8, 4) is 0 Å². The van der Waals surface area contributed by atoms with E-state index in [1.807, 2.05) is 20.9 Å². The molecule has 0 radical (unpaired) electrons. The van der Waals surface area contributed by atoms with Crippen LogP contribution in [-0.4, -0.2) is 58.6 Å². The number of carbonyl (C=O) groups is 1. The Morgan fingerprint density at radius 1 is 1.27 bits per heavy atom. The average molecular weight is 306 g/mol. The van der Waals surface area contributed by atoms with Gasteiger partial charge in [-0.25, -0.2) is 0 Å². The molecule has 1 saturated heterocycles. The van der Waals surface area contributed by atoms with Crippen LogP contribution in [0.25, 0.3) is 0 Å². The van der Waals surface area contributed by atoms with E-state index in [0.717, 1.165) is 50.3 Å². The van der Waals surface area contributed by atoms with Crippen molar-refractivity contribution in [1.82, 2.24) is 20.0 Å². The lowest BCUT2D eigenvalue weighted by molar-refractivity contribution is -0.135. The van der Waals surface area contributed by atoms with Gasteiger partial charge in [0.05, 0.1) is 11.7 Å². The van der Waals surface area contributed by atoms with E-state index in [-0.39, 0.29) is 11.9 Å². The number of rotatable bonds is 5. The van der Waals surface area contributed by atoms with E-state index in [1.165, 1.54) is 18.4 Å². The molecule has 0 aromatic carbocycles. The first-order chi connectivity index (χ1) is 10.5. The Bertz CT molecular complexity index is 469. The Morgan fingerprint density at radius 2 is 1.91 bits per heavy atom. The summed E-state index contributed by atoms with van der Waals surface area (Å²) in [6, 6.07) is -0.0504. The molecule has 0 saturated carbocycles. The summed E-state index contributed by atoms with van der Waals surface area (Å²) in [6.45, 7) is 8.85. The number of hydrogen-bond acceptors (Lipinski definition) is 3. The van der Waals surface area contributed by atoms with Gasteiger partial charge in [0.25, 0.3) is 0 Å². The molecule has 1 aromatic rings. The second-order valence-corrected chi connectivity index (χ2v) is 6.56. The standard InChI is InChI=1S/C17H30N4O/c1-13-16(14(2)19-18-13)9-12-20(4)15(3)17(22)21-10-7-5-6-8-11-21/h15H,5-12H2,1-4H3,(H,18,19). The van der Waals surface area contributed by atoms with Crippen LogP contribution in [0.15, 0.2) is 0 Å². The van der Waals surface area contributed by atoms with Crippen molar-refractivity contribution in [2.45, 2.75) is 58.9 Å². The summed E-state index contributed by atoms with van der Waals surface area (Å²) in [5.74, 6) is 0.282. The average Bonchev–Trinajstić information content (AvgIpc) is 2.74. The van der Waals surface area contributed by atoms with Gasteiger partial charge in [0.15, 0.2) is 0 Å². The first-order valence-corrected chi connectivity index (χ1v) is 8.50. The van der Waals surface area contributed by atoms with E-state index in [0.29, 0.717) is 0 Å². The number of carbonyl (C=O) groups excluding carboxylic acids is 1. The maximum absolute atomic E-state index is 12.7. The Morgan fingerprint density at radius 3 is 2.45 bits per heavy atom. The van der Waals surface area contributed by atoms with E-state index in [1.54, 1.807) is 0 Å². The summed E-state index contributed by atoms with van der Waals surface area (Å²) in [7, 11) is 2.05. The van der Waals surface area contributed by atoms with E-state index >= 15 is 0 Å². The molecule has 0 aliphatic carbocycles. The molecule has 0 spiro atoms. The number of nitrogens with zero attached hydrogens (tertiary/aromatic N) is 3. The van der Waals surface area contributed by atoms with E-state index in [9.17, 15) is 4.79 Å². The van der Waals surface area contributed by atoms with Gasteiger partial charge < -0.3 is 4.90 Å². The van der Waals surface area contributed by atoms with Crippen LogP contribution >= 0.6 is 0 Å². The van der Waals surface area contributed by atoms with Gasteiger partial charge in [-0.05, 0) is 52.6 Å². The quantitative estimate of drug-likeness (QED) is 0.908. The number of hydrogen-bond donors (Lipinski definition) is 1. The van der Waals surface area contributed by atoms with Crippen LogP contribution in [0.2, 0.25) is 0 Å². The third kappa shape index (κ3) is 4.09. The molecule has 1 aliphatic heterocycles. The Balaban J connectivity index is 1.88. The van der Waals surface area contributed by atoms with Crippen LogP contribution < -0.4 is 0 Å². The van der Waals surface area contributed by atoms with Crippen molar-refractivity contribution in [1.29, 1.82) is 0 Å². The highest BCUT2D eigenvalue weighted by Gasteiger charge is 2.24. The number of likely N-dealkylation sites (N-methyl/N-ethyl adjacent to an activating group) is 1.